The molecule has 0 aliphatic carbocycles. The SMILES string of the molecule is CC(C)CCC(C)Nc1cn[nH]c1. The summed E-state index contributed by atoms with van der Waals surface area (Å²) in [5, 5.41) is 10.1. The summed E-state index contributed by atoms with van der Waals surface area (Å²) in [7, 11) is 0. The second kappa shape index (κ2) is 4.90. The molecule has 0 saturated heterocycles. The first kappa shape index (κ1) is 10.1. The largest absolute Gasteiger partial charge is 0.380 e. The Morgan fingerprint density at radius 3 is 2.69 bits per heavy atom. The topological polar surface area (TPSA) is 40.7 Å². The van der Waals surface area contributed by atoms with Crippen molar-refractivity contribution in [3.63, 3.8) is 0 Å². The van der Waals surface area contributed by atoms with Gasteiger partial charge in [-0.15, -0.1) is 0 Å². The van der Waals surface area contributed by atoms with Gasteiger partial charge in [-0.05, 0) is 25.7 Å². The van der Waals surface area contributed by atoms with Crippen LogP contribution in [0.25, 0.3) is 0 Å². The van der Waals surface area contributed by atoms with Crippen molar-refractivity contribution in [1.82, 2.24) is 10.2 Å². The van der Waals surface area contributed by atoms with Crippen molar-refractivity contribution in [1.29, 1.82) is 0 Å². The number of hydrogen-bond donors (Lipinski definition) is 2. The fourth-order valence-electron chi connectivity index (χ4n) is 1.27. The molecule has 0 saturated carbocycles. The zero-order valence-corrected chi connectivity index (χ0v) is 8.67. The van der Waals surface area contributed by atoms with Crippen molar-refractivity contribution in [3.05, 3.63) is 12.4 Å². The van der Waals surface area contributed by atoms with E-state index in [1.165, 1.54) is 12.8 Å². The fraction of sp³-hybridized carbons (Fsp3) is 0.700. The summed E-state index contributed by atoms with van der Waals surface area (Å²) in [6.45, 7) is 6.71. The third-order valence-electron chi connectivity index (χ3n) is 2.09. The highest BCUT2D eigenvalue weighted by atomic mass is 15.1. The fourth-order valence-corrected chi connectivity index (χ4v) is 1.27. The minimum absolute atomic E-state index is 0.528. The van der Waals surface area contributed by atoms with Crippen LogP contribution in [0, 0.1) is 5.92 Å². The Morgan fingerprint density at radius 2 is 2.15 bits per heavy atom. The molecule has 0 aliphatic rings. The lowest BCUT2D eigenvalue weighted by Gasteiger charge is -2.14. The number of aromatic nitrogens is 2. The Labute approximate surface area is 79.9 Å². The van der Waals surface area contributed by atoms with Gasteiger partial charge in [-0.1, -0.05) is 13.8 Å². The van der Waals surface area contributed by atoms with E-state index in [2.05, 4.69) is 36.3 Å². The molecule has 74 valence electrons. The average Bonchev–Trinajstić information content (AvgIpc) is 2.53. The first-order valence-corrected chi connectivity index (χ1v) is 4.94. The third-order valence-corrected chi connectivity index (χ3v) is 2.09. The van der Waals surface area contributed by atoms with Crippen LogP contribution in [-0.2, 0) is 0 Å². The summed E-state index contributed by atoms with van der Waals surface area (Å²) in [5.41, 5.74) is 1.08. The van der Waals surface area contributed by atoms with E-state index in [1.54, 1.807) is 0 Å². The standard InChI is InChI=1S/C10H19N3/c1-8(2)4-5-9(3)13-10-6-11-12-7-10/h6-9,13H,4-5H2,1-3H3,(H,11,12). The van der Waals surface area contributed by atoms with Gasteiger partial charge in [0.25, 0.3) is 0 Å². The number of rotatable bonds is 5. The number of H-pyrrole nitrogens is 1. The van der Waals surface area contributed by atoms with Gasteiger partial charge < -0.3 is 5.32 Å². The Kier molecular flexibility index (Phi) is 3.80. The number of nitrogens with one attached hydrogen (secondary N) is 2. The van der Waals surface area contributed by atoms with E-state index in [0.29, 0.717) is 6.04 Å². The van der Waals surface area contributed by atoms with Crippen LogP contribution in [-0.4, -0.2) is 16.2 Å². The molecule has 1 rings (SSSR count). The lowest BCUT2D eigenvalue weighted by Crippen LogP contribution is -2.15. The van der Waals surface area contributed by atoms with Crippen molar-refractivity contribution in [2.45, 2.75) is 39.7 Å². The number of hydrogen-bond acceptors (Lipinski definition) is 2. The molecular formula is C10H19N3. The van der Waals surface area contributed by atoms with Crippen LogP contribution in [0.3, 0.4) is 0 Å². The molecule has 0 fully saturated rings. The molecule has 3 nitrogen and oxygen atoms in total. The quantitative estimate of drug-likeness (QED) is 0.733. The molecule has 0 bridgehead atoms. The van der Waals surface area contributed by atoms with Gasteiger partial charge in [0.1, 0.15) is 0 Å². The van der Waals surface area contributed by atoms with Gasteiger partial charge in [0, 0.05) is 12.2 Å². The molecule has 2 N–H and O–H groups in total. The average molecular weight is 181 g/mol. The molecule has 1 atom stereocenters. The lowest BCUT2D eigenvalue weighted by molar-refractivity contribution is 0.528. The highest BCUT2D eigenvalue weighted by Crippen LogP contribution is 2.11. The minimum atomic E-state index is 0.528. The van der Waals surface area contributed by atoms with Crippen LogP contribution in [0.2, 0.25) is 0 Å². The van der Waals surface area contributed by atoms with Crippen LogP contribution in [0.4, 0.5) is 5.69 Å². The van der Waals surface area contributed by atoms with E-state index in [-0.39, 0.29) is 0 Å². The molecule has 0 aromatic carbocycles. The van der Waals surface area contributed by atoms with Crippen molar-refractivity contribution in [2.75, 3.05) is 5.32 Å². The van der Waals surface area contributed by atoms with Gasteiger partial charge in [0.05, 0.1) is 11.9 Å². The minimum Gasteiger partial charge on any atom is -0.380 e. The van der Waals surface area contributed by atoms with Crippen LogP contribution < -0.4 is 5.32 Å². The molecule has 3 heteroatoms. The normalized spacial score (nSPS) is 13.2. The number of nitrogens with zero attached hydrogens (tertiary/aromatic N) is 1. The van der Waals surface area contributed by atoms with E-state index in [1.807, 2.05) is 12.4 Å². The van der Waals surface area contributed by atoms with Gasteiger partial charge >= 0.3 is 0 Å². The highest BCUT2D eigenvalue weighted by Gasteiger charge is 2.03. The van der Waals surface area contributed by atoms with Crippen molar-refractivity contribution in [3.8, 4) is 0 Å². The highest BCUT2D eigenvalue weighted by molar-refractivity contribution is 5.38. The van der Waals surface area contributed by atoms with Crippen LogP contribution in [0.1, 0.15) is 33.6 Å². The van der Waals surface area contributed by atoms with E-state index < -0.39 is 0 Å². The third kappa shape index (κ3) is 3.97. The zero-order valence-electron chi connectivity index (χ0n) is 8.67. The smallest absolute Gasteiger partial charge is 0.0725 e. The Morgan fingerprint density at radius 1 is 1.38 bits per heavy atom. The van der Waals surface area contributed by atoms with Gasteiger partial charge in [0.2, 0.25) is 0 Å². The van der Waals surface area contributed by atoms with Crippen LogP contribution in [0.15, 0.2) is 12.4 Å². The Hall–Kier alpha value is -0.990. The van der Waals surface area contributed by atoms with E-state index in [9.17, 15) is 0 Å². The first-order valence-electron chi connectivity index (χ1n) is 4.94. The van der Waals surface area contributed by atoms with Crippen molar-refractivity contribution < 1.29 is 0 Å². The summed E-state index contributed by atoms with van der Waals surface area (Å²) in [6.07, 6.45) is 6.17. The Balaban J connectivity index is 2.22. The molecule has 0 spiro atoms. The Bertz CT molecular complexity index is 216. The van der Waals surface area contributed by atoms with Gasteiger partial charge in [0.15, 0.2) is 0 Å². The molecule has 1 unspecified atom stereocenters. The summed E-state index contributed by atoms with van der Waals surface area (Å²) >= 11 is 0. The number of aromatic amines is 1. The van der Waals surface area contributed by atoms with Gasteiger partial charge in [-0.25, -0.2) is 0 Å². The molecule has 1 heterocycles. The summed E-state index contributed by atoms with van der Waals surface area (Å²) < 4.78 is 0. The monoisotopic (exact) mass is 181 g/mol. The molecule has 1 aromatic heterocycles. The van der Waals surface area contributed by atoms with Crippen LogP contribution in [0.5, 0.6) is 0 Å². The van der Waals surface area contributed by atoms with Crippen molar-refractivity contribution >= 4 is 5.69 Å². The summed E-state index contributed by atoms with van der Waals surface area (Å²) in [5.74, 6) is 0.786. The molecular weight excluding hydrogens is 162 g/mol. The maximum Gasteiger partial charge on any atom is 0.0725 e. The molecule has 1 aromatic rings. The van der Waals surface area contributed by atoms with E-state index >= 15 is 0 Å². The predicted molar refractivity (Wildman–Crippen MR) is 55.7 cm³/mol. The van der Waals surface area contributed by atoms with Gasteiger partial charge in [-0.2, -0.15) is 5.10 Å². The molecule has 13 heavy (non-hydrogen) atoms. The van der Waals surface area contributed by atoms with Crippen molar-refractivity contribution in [2.24, 2.45) is 5.92 Å². The zero-order chi connectivity index (χ0) is 9.68. The molecule has 0 amide bonds. The molecule has 0 aliphatic heterocycles. The lowest BCUT2D eigenvalue weighted by atomic mass is 10.0. The van der Waals surface area contributed by atoms with Crippen LogP contribution >= 0.6 is 0 Å². The van der Waals surface area contributed by atoms with E-state index in [4.69, 9.17) is 0 Å². The van der Waals surface area contributed by atoms with E-state index in [0.717, 1.165) is 11.6 Å². The predicted octanol–water partition coefficient (Wildman–Crippen LogP) is 2.65. The second-order valence-electron chi connectivity index (χ2n) is 4.00. The number of anilines is 1. The summed E-state index contributed by atoms with van der Waals surface area (Å²) in [4.78, 5) is 0. The summed E-state index contributed by atoms with van der Waals surface area (Å²) in [6, 6.07) is 0.528. The van der Waals surface area contributed by atoms with Gasteiger partial charge in [-0.3, -0.25) is 5.10 Å². The second-order valence-corrected chi connectivity index (χ2v) is 4.00. The maximum atomic E-state index is 3.88. The molecule has 0 radical (unpaired) electrons. The first-order chi connectivity index (χ1) is 6.18. The maximum absolute atomic E-state index is 3.88.